The SMILES string of the molecule is O=C(CCCOc1cccc(F)c1)N1CC[C@@H](O)C1. The van der Waals surface area contributed by atoms with Crippen molar-refractivity contribution in [1.82, 2.24) is 4.90 Å². The van der Waals surface area contributed by atoms with E-state index in [-0.39, 0.29) is 17.8 Å². The molecule has 1 aliphatic heterocycles. The van der Waals surface area contributed by atoms with Crippen LogP contribution in [0.1, 0.15) is 19.3 Å². The van der Waals surface area contributed by atoms with Crippen molar-refractivity contribution in [2.45, 2.75) is 25.4 Å². The molecule has 1 amide bonds. The molecule has 104 valence electrons. The summed E-state index contributed by atoms with van der Waals surface area (Å²) in [7, 11) is 0. The third-order valence-corrected chi connectivity index (χ3v) is 3.12. The van der Waals surface area contributed by atoms with Gasteiger partial charge in [-0.05, 0) is 25.0 Å². The summed E-state index contributed by atoms with van der Waals surface area (Å²) < 4.78 is 18.2. The van der Waals surface area contributed by atoms with Gasteiger partial charge in [0.2, 0.25) is 5.91 Å². The van der Waals surface area contributed by atoms with E-state index in [4.69, 9.17) is 4.74 Å². The van der Waals surface area contributed by atoms with Crippen molar-refractivity contribution in [3.8, 4) is 5.75 Å². The normalized spacial score (nSPS) is 18.6. The number of aliphatic hydroxyl groups excluding tert-OH is 1. The molecule has 2 rings (SSSR count). The lowest BCUT2D eigenvalue weighted by Crippen LogP contribution is -2.29. The number of benzene rings is 1. The molecule has 0 aliphatic carbocycles. The first-order valence-electron chi connectivity index (χ1n) is 6.49. The van der Waals surface area contributed by atoms with Crippen molar-refractivity contribution < 1.29 is 19.0 Å². The van der Waals surface area contributed by atoms with Crippen LogP contribution >= 0.6 is 0 Å². The third kappa shape index (κ3) is 4.21. The number of carbonyl (C=O) groups is 1. The van der Waals surface area contributed by atoms with E-state index in [1.165, 1.54) is 12.1 Å². The summed E-state index contributed by atoms with van der Waals surface area (Å²) in [6.07, 6.45) is 1.25. The predicted molar refractivity (Wildman–Crippen MR) is 68.3 cm³/mol. The lowest BCUT2D eigenvalue weighted by molar-refractivity contribution is -0.130. The molecule has 0 unspecified atom stereocenters. The van der Waals surface area contributed by atoms with Crippen molar-refractivity contribution in [3.05, 3.63) is 30.1 Å². The van der Waals surface area contributed by atoms with Crippen LogP contribution in [0.3, 0.4) is 0 Å². The van der Waals surface area contributed by atoms with Gasteiger partial charge < -0.3 is 14.7 Å². The highest BCUT2D eigenvalue weighted by Gasteiger charge is 2.23. The zero-order valence-corrected chi connectivity index (χ0v) is 10.7. The fourth-order valence-electron chi connectivity index (χ4n) is 2.10. The molecule has 1 heterocycles. The molecule has 1 atom stereocenters. The van der Waals surface area contributed by atoms with E-state index in [0.717, 1.165) is 0 Å². The maximum atomic E-state index is 12.9. The molecule has 1 fully saturated rings. The molecule has 0 saturated carbocycles. The molecule has 1 aliphatic rings. The van der Waals surface area contributed by atoms with Crippen LogP contribution < -0.4 is 4.74 Å². The second-order valence-electron chi connectivity index (χ2n) is 4.69. The number of β-amino-alcohol motifs (C(OH)–C–C–N with tert-alkyl or cyclic N) is 1. The van der Waals surface area contributed by atoms with E-state index in [2.05, 4.69) is 0 Å². The highest BCUT2D eigenvalue weighted by Crippen LogP contribution is 2.13. The molecule has 0 bridgehead atoms. The molecule has 19 heavy (non-hydrogen) atoms. The summed E-state index contributed by atoms with van der Waals surface area (Å²) in [6, 6.07) is 5.94. The minimum atomic E-state index is -0.382. The standard InChI is InChI=1S/C14H18FNO3/c15-11-3-1-4-13(9-11)19-8-2-5-14(18)16-7-6-12(17)10-16/h1,3-4,9,12,17H,2,5-8,10H2/t12-/m1/s1. The number of nitrogens with zero attached hydrogens (tertiary/aromatic N) is 1. The number of carbonyl (C=O) groups excluding carboxylic acids is 1. The fourth-order valence-corrected chi connectivity index (χ4v) is 2.10. The molecule has 0 spiro atoms. The molecular weight excluding hydrogens is 249 g/mol. The Hall–Kier alpha value is -1.62. The highest BCUT2D eigenvalue weighted by molar-refractivity contribution is 5.76. The average molecular weight is 267 g/mol. The van der Waals surface area contributed by atoms with E-state index >= 15 is 0 Å². The number of hydrogen-bond acceptors (Lipinski definition) is 3. The van der Waals surface area contributed by atoms with Gasteiger partial charge >= 0.3 is 0 Å². The molecule has 5 heteroatoms. The summed E-state index contributed by atoms with van der Waals surface area (Å²) in [5.41, 5.74) is 0. The Balaban J connectivity index is 1.65. The number of ether oxygens (including phenoxy) is 1. The molecule has 1 N–H and O–H groups in total. The Morgan fingerprint density at radius 1 is 1.53 bits per heavy atom. The number of likely N-dealkylation sites (tertiary alicyclic amines) is 1. The summed E-state index contributed by atoms with van der Waals surface area (Å²) in [5, 5.41) is 9.34. The number of rotatable bonds is 5. The molecule has 0 aromatic heterocycles. The largest absolute Gasteiger partial charge is 0.493 e. The zero-order chi connectivity index (χ0) is 13.7. The van der Waals surface area contributed by atoms with E-state index in [0.29, 0.717) is 44.7 Å². The summed E-state index contributed by atoms with van der Waals surface area (Å²) in [4.78, 5) is 13.4. The Labute approximate surface area is 111 Å². The van der Waals surface area contributed by atoms with Crippen molar-refractivity contribution in [1.29, 1.82) is 0 Å². The van der Waals surface area contributed by atoms with E-state index in [9.17, 15) is 14.3 Å². The van der Waals surface area contributed by atoms with Gasteiger partial charge in [0, 0.05) is 25.6 Å². The predicted octanol–water partition coefficient (Wildman–Crippen LogP) is 1.58. The highest BCUT2D eigenvalue weighted by atomic mass is 19.1. The van der Waals surface area contributed by atoms with E-state index < -0.39 is 0 Å². The van der Waals surface area contributed by atoms with Crippen molar-refractivity contribution >= 4 is 5.91 Å². The molecule has 1 aromatic rings. The van der Waals surface area contributed by atoms with Crippen LogP contribution in [0.15, 0.2) is 24.3 Å². The number of aliphatic hydroxyl groups is 1. The van der Waals surface area contributed by atoms with Crippen LogP contribution in [0, 0.1) is 5.82 Å². The first-order valence-corrected chi connectivity index (χ1v) is 6.49. The molecule has 1 aromatic carbocycles. The number of amides is 1. The van der Waals surface area contributed by atoms with Gasteiger partial charge in [-0.15, -0.1) is 0 Å². The molecular formula is C14H18FNO3. The topological polar surface area (TPSA) is 49.8 Å². The van der Waals surface area contributed by atoms with Gasteiger partial charge in [0.15, 0.2) is 0 Å². The van der Waals surface area contributed by atoms with Gasteiger partial charge in [-0.2, -0.15) is 0 Å². The average Bonchev–Trinajstić information content (AvgIpc) is 2.81. The van der Waals surface area contributed by atoms with Gasteiger partial charge in [-0.1, -0.05) is 6.07 Å². The Kier molecular flexibility index (Phi) is 4.74. The van der Waals surface area contributed by atoms with Crippen LogP contribution in [0.4, 0.5) is 4.39 Å². The summed E-state index contributed by atoms with van der Waals surface area (Å²) in [6.45, 7) is 1.44. The second kappa shape index (κ2) is 6.52. The molecule has 0 radical (unpaired) electrons. The smallest absolute Gasteiger partial charge is 0.222 e. The molecule has 1 saturated heterocycles. The van der Waals surface area contributed by atoms with Gasteiger partial charge in [0.25, 0.3) is 0 Å². The lowest BCUT2D eigenvalue weighted by atomic mass is 10.3. The fraction of sp³-hybridized carbons (Fsp3) is 0.500. The van der Waals surface area contributed by atoms with Crippen molar-refractivity contribution in [3.63, 3.8) is 0 Å². The van der Waals surface area contributed by atoms with Crippen LogP contribution in [-0.4, -0.2) is 41.7 Å². The van der Waals surface area contributed by atoms with Crippen LogP contribution in [0.5, 0.6) is 5.75 Å². The third-order valence-electron chi connectivity index (χ3n) is 3.12. The quantitative estimate of drug-likeness (QED) is 0.824. The van der Waals surface area contributed by atoms with Gasteiger partial charge in [0.1, 0.15) is 11.6 Å². The van der Waals surface area contributed by atoms with Crippen LogP contribution in [0.2, 0.25) is 0 Å². The minimum Gasteiger partial charge on any atom is -0.493 e. The Morgan fingerprint density at radius 3 is 3.05 bits per heavy atom. The first kappa shape index (κ1) is 13.8. The summed E-state index contributed by atoms with van der Waals surface area (Å²) in [5.74, 6) is 0.183. The number of halogens is 1. The maximum absolute atomic E-state index is 12.9. The van der Waals surface area contributed by atoms with Crippen molar-refractivity contribution in [2.75, 3.05) is 19.7 Å². The lowest BCUT2D eigenvalue weighted by Gasteiger charge is -2.15. The second-order valence-corrected chi connectivity index (χ2v) is 4.69. The molecule has 4 nitrogen and oxygen atoms in total. The van der Waals surface area contributed by atoms with Crippen LogP contribution in [-0.2, 0) is 4.79 Å². The van der Waals surface area contributed by atoms with E-state index in [1.807, 2.05) is 0 Å². The Morgan fingerprint density at radius 2 is 2.37 bits per heavy atom. The van der Waals surface area contributed by atoms with Gasteiger partial charge in [-0.3, -0.25) is 4.79 Å². The van der Waals surface area contributed by atoms with E-state index in [1.54, 1.807) is 17.0 Å². The van der Waals surface area contributed by atoms with Crippen molar-refractivity contribution in [2.24, 2.45) is 0 Å². The monoisotopic (exact) mass is 267 g/mol. The number of hydrogen-bond donors (Lipinski definition) is 1. The van der Waals surface area contributed by atoms with Gasteiger partial charge in [0.05, 0.1) is 12.7 Å². The Bertz CT molecular complexity index is 438. The zero-order valence-electron chi connectivity index (χ0n) is 10.7. The minimum absolute atomic E-state index is 0.0411. The summed E-state index contributed by atoms with van der Waals surface area (Å²) >= 11 is 0. The maximum Gasteiger partial charge on any atom is 0.222 e. The first-order chi connectivity index (χ1) is 9.15. The van der Waals surface area contributed by atoms with Gasteiger partial charge in [-0.25, -0.2) is 4.39 Å². The van der Waals surface area contributed by atoms with Crippen LogP contribution in [0.25, 0.3) is 0 Å².